The van der Waals surface area contributed by atoms with Crippen LogP contribution in [0.15, 0.2) is 46.2 Å². The van der Waals surface area contributed by atoms with Crippen LogP contribution in [0.4, 0.5) is 20.2 Å². The number of nitrogens with one attached hydrogen (secondary N) is 1. The minimum absolute atomic E-state index is 0.299. The molecule has 2 aromatic rings. The van der Waals surface area contributed by atoms with Crippen molar-refractivity contribution >= 4 is 23.1 Å². The van der Waals surface area contributed by atoms with E-state index in [0.29, 0.717) is 11.4 Å². The predicted molar refractivity (Wildman–Crippen MR) is 60.2 cm³/mol. The summed E-state index contributed by atoms with van der Waals surface area (Å²) in [4.78, 5) is 1.89. The Labute approximate surface area is 95.5 Å². The highest BCUT2D eigenvalue weighted by Crippen LogP contribution is 2.44. The van der Waals surface area contributed by atoms with Crippen molar-refractivity contribution in [2.24, 2.45) is 0 Å². The van der Waals surface area contributed by atoms with E-state index in [4.69, 9.17) is 0 Å². The Morgan fingerprint density at radius 3 is 1.81 bits per heavy atom. The molecule has 1 aliphatic heterocycles. The average Bonchev–Trinajstić information content (AvgIpc) is 2.26. The van der Waals surface area contributed by atoms with Crippen LogP contribution in [0.1, 0.15) is 0 Å². The molecule has 1 N–H and O–H groups in total. The van der Waals surface area contributed by atoms with Crippen LogP contribution in [0.5, 0.6) is 0 Å². The summed E-state index contributed by atoms with van der Waals surface area (Å²) < 4.78 is 26.1. The number of hydrogen-bond acceptors (Lipinski definition) is 2. The fourth-order valence-electron chi connectivity index (χ4n) is 1.64. The van der Waals surface area contributed by atoms with Crippen LogP contribution in [0.25, 0.3) is 0 Å². The van der Waals surface area contributed by atoms with Gasteiger partial charge < -0.3 is 5.32 Å². The Bertz CT molecular complexity index is 519. The van der Waals surface area contributed by atoms with Gasteiger partial charge in [-0.3, -0.25) is 0 Å². The molecule has 3 rings (SSSR count). The highest BCUT2D eigenvalue weighted by molar-refractivity contribution is 7.99. The molecule has 0 radical (unpaired) electrons. The van der Waals surface area contributed by atoms with E-state index in [-0.39, 0.29) is 11.6 Å². The fourth-order valence-corrected chi connectivity index (χ4v) is 2.59. The quantitative estimate of drug-likeness (QED) is 0.627. The van der Waals surface area contributed by atoms with Crippen molar-refractivity contribution in [3.8, 4) is 0 Å². The van der Waals surface area contributed by atoms with Crippen LogP contribution in [-0.4, -0.2) is 0 Å². The lowest BCUT2D eigenvalue weighted by molar-refractivity contribution is 0.626. The molecule has 0 bridgehead atoms. The summed E-state index contributed by atoms with van der Waals surface area (Å²) in [6, 6.07) is 9.10. The number of anilines is 2. The van der Waals surface area contributed by atoms with Crippen LogP contribution >= 0.6 is 11.8 Å². The summed E-state index contributed by atoms with van der Waals surface area (Å²) in [7, 11) is 0. The van der Waals surface area contributed by atoms with Crippen molar-refractivity contribution in [1.82, 2.24) is 0 Å². The minimum atomic E-state index is -0.299. The van der Waals surface area contributed by atoms with Crippen LogP contribution < -0.4 is 5.32 Å². The van der Waals surface area contributed by atoms with Crippen molar-refractivity contribution in [3.05, 3.63) is 48.0 Å². The van der Waals surface area contributed by atoms with Gasteiger partial charge in [-0.2, -0.15) is 0 Å². The zero-order valence-corrected chi connectivity index (χ0v) is 8.94. The molecule has 1 aliphatic rings. The fraction of sp³-hybridized carbons (Fsp3) is 0. The van der Waals surface area contributed by atoms with Gasteiger partial charge in [0.25, 0.3) is 0 Å². The topological polar surface area (TPSA) is 12.0 Å². The molecule has 1 heterocycles. The molecule has 0 atom stereocenters. The van der Waals surface area contributed by atoms with Crippen LogP contribution in [-0.2, 0) is 0 Å². The second kappa shape index (κ2) is 3.49. The molecule has 16 heavy (non-hydrogen) atoms. The van der Waals surface area contributed by atoms with Gasteiger partial charge in [0.1, 0.15) is 11.6 Å². The monoisotopic (exact) mass is 235 g/mol. The van der Waals surface area contributed by atoms with E-state index < -0.39 is 0 Å². The molecular formula is C12H7F2NS. The molecule has 1 nitrogen and oxygen atoms in total. The van der Waals surface area contributed by atoms with E-state index in [1.165, 1.54) is 36.0 Å². The molecule has 2 aromatic carbocycles. The van der Waals surface area contributed by atoms with Gasteiger partial charge >= 0.3 is 0 Å². The first kappa shape index (κ1) is 9.66. The maximum Gasteiger partial charge on any atom is 0.125 e. The lowest BCUT2D eigenvalue weighted by Crippen LogP contribution is -2.00. The van der Waals surface area contributed by atoms with Crippen LogP contribution in [0.2, 0.25) is 0 Å². The van der Waals surface area contributed by atoms with Crippen molar-refractivity contribution < 1.29 is 8.78 Å². The molecular weight excluding hydrogens is 228 g/mol. The van der Waals surface area contributed by atoms with Gasteiger partial charge in [0.15, 0.2) is 0 Å². The summed E-state index contributed by atoms with van der Waals surface area (Å²) in [5, 5.41) is 3.02. The summed E-state index contributed by atoms with van der Waals surface area (Å²) in [5.41, 5.74) is 1.37. The summed E-state index contributed by atoms with van der Waals surface area (Å²) in [6.07, 6.45) is 0. The third-order valence-electron chi connectivity index (χ3n) is 2.37. The zero-order valence-electron chi connectivity index (χ0n) is 8.13. The lowest BCUT2D eigenvalue weighted by Gasteiger charge is -2.20. The molecule has 0 aliphatic carbocycles. The molecule has 0 aromatic heterocycles. The normalized spacial score (nSPS) is 12.6. The second-order valence-corrected chi connectivity index (χ2v) is 4.59. The average molecular weight is 235 g/mol. The van der Waals surface area contributed by atoms with Gasteiger partial charge in [0.05, 0.1) is 11.4 Å². The van der Waals surface area contributed by atoms with Gasteiger partial charge in [-0.1, -0.05) is 11.8 Å². The van der Waals surface area contributed by atoms with Crippen molar-refractivity contribution in [3.63, 3.8) is 0 Å². The summed E-state index contributed by atoms with van der Waals surface area (Å²) in [5.74, 6) is -0.599. The first-order chi connectivity index (χ1) is 7.72. The zero-order chi connectivity index (χ0) is 11.1. The molecule has 0 unspecified atom stereocenters. The number of fused-ring (bicyclic) bond motifs is 2. The Balaban J connectivity index is 2.10. The SMILES string of the molecule is Fc1ccc2c(c1)Nc1cc(F)ccc1S2. The van der Waals surface area contributed by atoms with Gasteiger partial charge in [-0.25, -0.2) is 8.78 Å². The van der Waals surface area contributed by atoms with E-state index >= 15 is 0 Å². The molecule has 0 saturated heterocycles. The van der Waals surface area contributed by atoms with Crippen molar-refractivity contribution in [2.45, 2.75) is 9.79 Å². The second-order valence-electron chi connectivity index (χ2n) is 3.51. The van der Waals surface area contributed by atoms with E-state index in [1.807, 2.05) is 0 Å². The van der Waals surface area contributed by atoms with Crippen molar-refractivity contribution in [1.29, 1.82) is 0 Å². The highest BCUT2D eigenvalue weighted by atomic mass is 32.2. The standard InChI is InChI=1S/C12H7F2NS/c13-7-1-3-11-9(5-7)15-10-6-8(14)2-4-12(10)16-11/h1-6,15H. The molecule has 0 spiro atoms. The molecule has 0 fully saturated rings. The highest BCUT2D eigenvalue weighted by Gasteiger charge is 2.16. The smallest absolute Gasteiger partial charge is 0.125 e. The maximum atomic E-state index is 13.0. The minimum Gasteiger partial charge on any atom is -0.354 e. The van der Waals surface area contributed by atoms with Gasteiger partial charge in [0.2, 0.25) is 0 Å². The third-order valence-corrected chi connectivity index (χ3v) is 3.52. The molecule has 0 saturated carbocycles. The van der Waals surface area contributed by atoms with Gasteiger partial charge in [-0.05, 0) is 36.4 Å². The first-order valence-electron chi connectivity index (χ1n) is 4.76. The van der Waals surface area contributed by atoms with E-state index in [0.717, 1.165) is 9.79 Å². The predicted octanol–water partition coefficient (Wildman–Crippen LogP) is 4.17. The molecule has 80 valence electrons. The Morgan fingerprint density at radius 2 is 1.31 bits per heavy atom. The number of rotatable bonds is 0. The number of benzene rings is 2. The van der Waals surface area contributed by atoms with E-state index in [2.05, 4.69) is 5.32 Å². The first-order valence-corrected chi connectivity index (χ1v) is 5.58. The molecule has 4 heteroatoms. The van der Waals surface area contributed by atoms with Crippen molar-refractivity contribution in [2.75, 3.05) is 5.32 Å². The number of halogens is 2. The van der Waals surface area contributed by atoms with E-state index in [9.17, 15) is 8.78 Å². The van der Waals surface area contributed by atoms with Gasteiger partial charge in [-0.15, -0.1) is 0 Å². The van der Waals surface area contributed by atoms with Gasteiger partial charge in [0, 0.05) is 9.79 Å². The van der Waals surface area contributed by atoms with Crippen LogP contribution in [0, 0.1) is 11.6 Å². The summed E-state index contributed by atoms with van der Waals surface area (Å²) in [6.45, 7) is 0. The maximum absolute atomic E-state index is 13.0. The third kappa shape index (κ3) is 1.55. The number of hydrogen-bond donors (Lipinski definition) is 1. The van der Waals surface area contributed by atoms with Crippen LogP contribution in [0.3, 0.4) is 0 Å². The summed E-state index contributed by atoms with van der Waals surface area (Å²) >= 11 is 1.50. The van der Waals surface area contributed by atoms with E-state index in [1.54, 1.807) is 12.1 Å². The largest absolute Gasteiger partial charge is 0.354 e. The molecule has 0 amide bonds. The Morgan fingerprint density at radius 1 is 0.812 bits per heavy atom. The lowest BCUT2D eigenvalue weighted by atomic mass is 10.2. The Hall–Kier alpha value is -1.55. The Kier molecular flexibility index (Phi) is 2.11.